The van der Waals surface area contributed by atoms with Gasteiger partial charge < -0.3 is 4.74 Å². The molecule has 1 nitrogen and oxygen atoms in total. The van der Waals surface area contributed by atoms with Crippen LogP contribution in [0.2, 0.25) is 0 Å². The molecule has 1 heterocycles. The summed E-state index contributed by atoms with van der Waals surface area (Å²) in [6.45, 7) is 3.71. The van der Waals surface area contributed by atoms with E-state index in [9.17, 15) is 13.2 Å². The van der Waals surface area contributed by atoms with Gasteiger partial charge in [0.15, 0.2) is 23.2 Å². The molecular weight excluding hydrogens is 373 g/mol. The molecule has 3 aromatic rings. The molecule has 4 heteroatoms. The Bertz CT molecular complexity index is 1040. The van der Waals surface area contributed by atoms with Gasteiger partial charge in [0.25, 0.3) is 0 Å². The fourth-order valence-electron chi connectivity index (χ4n) is 3.73. The minimum atomic E-state index is -0.873. The number of hydrogen-bond donors (Lipinski definition) is 0. The van der Waals surface area contributed by atoms with E-state index in [0.29, 0.717) is 11.3 Å². The van der Waals surface area contributed by atoms with Crippen molar-refractivity contribution < 1.29 is 17.9 Å². The number of rotatable bonds is 5. The molecule has 0 saturated carbocycles. The minimum Gasteiger partial charge on any atom is -0.482 e. The summed E-state index contributed by atoms with van der Waals surface area (Å²) in [6, 6.07) is 14.9. The lowest BCUT2D eigenvalue weighted by Gasteiger charge is -2.27. The van der Waals surface area contributed by atoms with E-state index in [4.69, 9.17) is 4.74 Å². The topological polar surface area (TPSA) is 9.23 Å². The molecule has 0 spiro atoms. The first kappa shape index (κ1) is 19.3. The third-order valence-electron chi connectivity index (χ3n) is 5.29. The van der Waals surface area contributed by atoms with E-state index in [1.165, 1.54) is 12.1 Å². The molecular formula is C25H21F3O. The van der Waals surface area contributed by atoms with Gasteiger partial charge in [-0.05, 0) is 71.7 Å². The lowest BCUT2D eigenvalue weighted by molar-refractivity contribution is 0.167. The maximum absolute atomic E-state index is 14.6. The van der Waals surface area contributed by atoms with Gasteiger partial charge in [-0.1, -0.05) is 42.5 Å². The van der Waals surface area contributed by atoms with E-state index in [2.05, 4.69) is 6.58 Å². The van der Waals surface area contributed by atoms with Crippen LogP contribution in [-0.4, -0.2) is 0 Å². The molecule has 148 valence electrons. The van der Waals surface area contributed by atoms with Gasteiger partial charge in [0.05, 0.1) is 0 Å². The quantitative estimate of drug-likeness (QED) is 0.425. The molecule has 0 amide bonds. The summed E-state index contributed by atoms with van der Waals surface area (Å²) >= 11 is 0. The van der Waals surface area contributed by atoms with E-state index in [1.54, 1.807) is 6.07 Å². The van der Waals surface area contributed by atoms with E-state index in [-0.39, 0.29) is 11.9 Å². The van der Waals surface area contributed by atoms with Gasteiger partial charge in [0.2, 0.25) is 0 Å². The van der Waals surface area contributed by atoms with Crippen molar-refractivity contribution in [2.75, 3.05) is 0 Å². The third kappa shape index (κ3) is 4.07. The van der Waals surface area contributed by atoms with Crippen molar-refractivity contribution in [1.29, 1.82) is 0 Å². The molecule has 0 aromatic heterocycles. The van der Waals surface area contributed by atoms with Crippen LogP contribution in [0.5, 0.6) is 5.75 Å². The lowest BCUT2D eigenvalue weighted by atomic mass is 9.94. The third-order valence-corrected chi connectivity index (χ3v) is 5.29. The predicted octanol–water partition coefficient (Wildman–Crippen LogP) is 6.96. The van der Waals surface area contributed by atoms with Gasteiger partial charge >= 0.3 is 0 Å². The summed E-state index contributed by atoms with van der Waals surface area (Å²) in [5, 5.41) is 0. The van der Waals surface area contributed by atoms with Gasteiger partial charge in [0.1, 0.15) is 6.10 Å². The van der Waals surface area contributed by atoms with Crippen LogP contribution in [0.15, 0.2) is 67.3 Å². The molecule has 1 aliphatic heterocycles. The summed E-state index contributed by atoms with van der Waals surface area (Å²) in [5.74, 6) is -1.74. The Morgan fingerprint density at radius 1 is 0.897 bits per heavy atom. The SMILES string of the molecule is C=CCCc1cc(F)c2c(c1)CCC(c1ccc(-c3ccc(F)c(F)c3)cc1)O2. The molecule has 1 unspecified atom stereocenters. The molecule has 1 aliphatic rings. The Morgan fingerprint density at radius 2 is 1.66 bits per heavy atom. The number of aryl methyl sites for hydroxylation is 2. The second-order valence-electron chi connectivity index (χ2n) is 7.29. The van der Waals surface area contributed by atoms with Crippen LogP contribution in [0.3, 0.4) is 0 Å². The number of ether oxygens (including phenoxy) is 1. The van der Waals surface area contributed by atoms with Gasteiger partial charge in [-0.25, -0.2) is 13.2 Å². The molecule has 0 bridgehead atoms. The minimum absolute atomic E-state index is 0.241. The molecule has 1 atom stereocenters. The van der Waals surface area contributed by atoms with Crippen LogP contribution in [0.25, 0.3) is 11.1 Å². The summed E-state index contributed by atoms with van der Waals surface area (Å²) in [5.41, 5.74) is 4.17. The first-order chi connectivity index (χ1) is 14.0. The van der Waals surface area contributed by atoms with Crippen LogP contribution in [-0.2, 0) is 12.8 Å². The van der Waals surface area contributed by atoms with Crippen LogP contribution < -0.4 is 4.74 Å². The van der Waals surface area contributed by atoms with Crippen LogP contribution in [0.1, 0.15) is 35.6 Å². The van der Waals surface area contributed by atoms with Gasteiger partial charge in [-0.15, -0.1) is 6.58 Å². The summed E-state index contributed by atoms with van der Waals surface area (Å²) in [6.07, 6.45) is 4.66. The second kappa shape index (κ2) is 8.16. The molecule has 0 radical (unpaired) electrons. The van der Waals surface area contributed by atoms with Crippen molar-refractivity contribution in [3.63, 3.8) is 0 Å². The smallest absolute Gasteiger partial charge is 0.165 e. The fraction of sp³-hybridized carbons (Fsp3) is 0.200. The van der Waals surface area contributed by atoms with Crippen molar-refractivity contribution in [2.24, 2.45) is 0 Å². The Labute approximate surface area is 168 Å². The van der Waals surface area contributed by atoms with Crippen molar-refractivity contribution in [2.45, 2.75) is 31.8 Å². The van der Waals surface area contributed by atoms with E-state index in [0.717, 1.165) is 54.0 Å². The van der Waals surface area contributed by atoms with Crippen molar-refractivity contribution in [1.82, 2.24) is 0 Å². The van der Waals surface area contributed by atoms with Crippen molar-refractivity contribution in [3.8, 4) is 16.9 Å². The first-order valence-electron chi connectivity index (χ1n) is 9.69. The average Bonchev–Trinajstić information content (AvgIpc) is 2.74. The highest BCUT2D eigenvalue weighted by Gasteiger charge is 2.24. The molecule has 0 saturated heterocycles. The first-order valence-corrected chi connectivity index (χ1v) is 9.69. The number of hydrogen-bond acceptors (Lipinski definition) is 1. The molecule has 0 fully saturated rings. The Kier molecular flexibility index (Phi) is 5.43. The molecule has 0 aliphatic carbocycles. The van der Waals surface area contributed by atoms with Gasteiger partial charge in [0, 0.05) is 0 Å². The molecule has 4 rings (SSSR count). The molecule has 29 heavy (non-hydrogen) atoms. The highest BCUT2D eigenvalue weighted by Crippen LogP contribution is 2.38. The normalized spacial score (nSPS) is 15.5. The summed E-state index contributed by atoms with van der Waals surface area (Å²) in [7, 11) is 0. The second-order valence-corrected chi connectivity index (χ2v) is 7.29. The maximum atomic E-state index is 14.6. The number of benzene rings is 3. The highest BCUT2D eigenvalue weighted by atomic mass is 19.2. The van der Waals surface area contributed by atoms with E-state index in [1.807, 2.05) is 36.4 Å². The number of fused-ring (bicyclic) bond motifs is 1. The Hall–Kier alpha value is -3.01. The van der Waals surface area contributed by atoms with Crippen LogP contribution in [0.4, 0.5) is 13.2 Å². The average molecular weight is 394 g/mol. The van der Waals surface area contributed by atoms with Crippen LogP contribution in [0, 0.1) is 17.5 Å². The Morgan fingerprint density at radius 3 is 2.38 bits per heavy atom. The zero-order chi connectivity index (χ0) is 20.4. The van der Waals surface area contributed by atoms with E-state index < -0.39 is 11.6 Å². The highest BCUT2D eigenvalue weighted by molar-refractivity contribution is 5.63. The number of allylic oxidation sites excluding steroid dienone is 1. The number of halogens is 3. The standard InChI is InChI=1S/C25H21F3O/c1-2-3-4-16-13-20-10-12-24(29-25(20)23(28)14-16)18-7-5-17(6-8-18)19-9-11-21(26)22(27)15-19/h2,5-9,11,13-15,24H,1,3-4,10,12H2. The van der Waals surface area contributed by atoms with Crippen molar-refractivity contribution >= 4 is 0 Å². The summed E-state index contributed by atoms with van der Waals surface area (Å²) in [4.78, 5) is 0. The van der Waals surface area contributed by atoms with Crippen LogP contribution >= 0.6 is 0 Å². The van der Waals surface area contributed by atoms with Crippen molar-refractivity contribution in [3.05, 3.63) is 101 Å². The lowest BCUT2D eigenvalue weighted by Crippen LogP contribution is -2.16. The fourth-order valence-corrected chi connectivity index (χ4v) is 3.73. The zero-order valence-corrected chi connectivity index (χ0v) is 15.9. The van der Waals surface area contributed by atoms with Gasteiger partial charge in [-0.2, -0.15) is 0 Å². The predicted molar refractivity (Wildman–Crippen MR) is 108 cm³/mol. The largest absolute Gasteiger partial charge is 0.482 e. The van der Waals surface area contributed by atoms with E-state index >= 15 is 0 Å². The molecule has 0 N–H and O–H groups in total. The monoisotopic (exact) mass is 394 g/mol. The maximum Gasteiger partial charge on any atom is 0.165 e. The zero-order valence-electron chi connectivity index (χ0n) is 15.9. The van der Waals surface area contributed by atoms with Gasteiger partial charge in [-0.3, -0.25) is 0 Å². The summed E-state index contributed by atoms with van der Waals surface area (Å²) < 4.78 is 47.2. The molecule has 3 aromatic carbocycles. The Balaban J connectivity index is 1.53.